The largest absolute Gasteiger partial charge is 0.507 e. The first-order valence-corrected chi connectivity index (χ1v) is 27.8. The van der Waals surface area contributed by atoms with Crippen LogP contribution in [-0.2, 0) is 0 Å². The minimum Gasteiger partial charge on any atom is -0.507 e. The quantitative estimate of drug-likeness (QED) is 0.105. The topological polar surface area (TPSA) is 193 Å². The predicted molar refractivity (Wildman–Crippen MR) is 337 cm³/mol. The molecule has 0 unspecified atom stereocenters. The van der Waals surface area contributed by atoms with Crippen LogP contribution in [0.1, 0.15) is 57.2 Å². The average molecular weight is 1130 g/mol. The van der Waals surface area contributed by atoms with Crippen molar-refractivity contribution in [3.63, 3.8) is 0 Å². The Morgan fingerprint density at radius 3 is 0.810 bits per heavy atom. The van der Waals surface area contributed by atoms with Gasteiger partial charge in [0, 0.05) is 85.7 Å². The van der Waals surface area contributed by atoms with Crippen LogP contribution in [0.2, 0.25) is 0 Å². The predicted octanol–water partition coefficient (Wildman–Crippen LogP) is 15.8. The van der Waals surface area contributed by atoms with Gasteiger partial charge in [0.1, 0.15) is 17.2 Å². The first-order valence-electron chi connectivity index (χ1n) is 27.8. The van der Waals surface area contributed by atoms with Crippen molar-refractivity contribution in [2.45, 2.75) is 61.3 Å². The van der Waals surface area contributed by atoms with Crippen LogP contribution in [0.15, 0.2) is 183 Å². The summed E-state index contributed by atoms with van der Waals surface area (Å²) in [5, 5.41) is 40.5. The number of hydrogen-bond donors (Lipinski definition) is 3. The van der Waals surface area contributed by atoms with Crippen LogP contribution < -0.4 is 28.4 Å². The normalized spacial score (nSPS) is 10.4. The SMILES string of the molecule is CCCOc1nccc2c(C)cccc12.CCCOc1nccc2c(O)cccc12.CCOc1nccc2c(C)cccc12.CCOc1nccc2c(O)cccc12.COc1nccc2c(C)cccc12.COc1nccc2c(O)cccc12. The molecular weight excluding hydrogens is 1060 g/mol. The third-order valence-electron chi connectivity index (χ3n) is 13.0. The second kappa shape index (κ2) is 31.3. The zero-order valence-electron chi connectivity index (χ0n) is 49.0. The molecule has 15 heteroatoms. The van der Waals surface area contributed by atoms with Gasteiger partial charge in [-0.15, -0.1) is 0 Å². The van der Waals surface area contributed by atoms with Crippen molar-refractivity contribution in [1.82, 2.24) is 29.9 Å². The van der Waals surface area contributed by atoms with Crippen LogP contribution >= 0.6 is 0 Å². The van der Waals surface area contributed by atoms with Crippen molar-refractivity contribution in [1.29, 1.82) is 0 Å². The van der Waals surface area contributed by atoms with Crippen LogP contribution in [0.25, 0.3) is 64.6 Å². The molecule has 0 bridgehead atoms. The number of methoxy groups -OCH3 is 2. The highest BCUT2D eigenvalue weighted by molar-refractivity contribution is 5.94. The summed E-state index contributed by atoms with van der Waals surface area (Å²) in [6, 6.07) is 45.8. The number of ether oxygens (including phenoxy) is 6. The molecule has 0 saturated heterocycles. The molecule has 0 atom stereocenters. The number of nitrogens with zero attached hydrogens (tertiary/aromatic N) is 6. The van der Waals surface area contributed by atoms with Gasteiger partial charge in [-0.3, -0.25) is 0 Å². The van der Waals surface area contributed by atoms with Crippen LogP contribution in [0.4, 0.5) is 0 Å². The summed E-state index contributed by atoms with van der Waals surface area (Å²) in [6.07, 6.45) is 12.2. The Kier molecular flexibility index (Phi) is 22.9. The van der Waals surface area contributed by atoms with Gasteiger partial charge in [0.2, 0.25) is 35.3 Å². The lowest BCUT2D eigenvalue weighted by Crippen LogP contribution is -1.98. The first kappa shape index (κ1) is 61.6. The molecule has 6 aromatic carbocycles. The third-order valence-corrected chi connectivity index (χ3v) is 13.0. The second-order valence-electron chi connectivity index (χ2n) is 18.8. The molecule has 12 rings (SSSR count). The van der Waals surface area contributed by atoms with Crippen LogP contribution in [0, 0.1) is 20.8 Å². The number of rotatable bonds is 12. The molecule has 15 nitrogen and oxygen atoms in total. The van der Waals surface area contributed by atoms with Crippen molar-refractivity contribution in [3.8, 4) is 52.5 Å². The Labute approximate surface area is 490 Å². The van der Waals surface area contributed by atoms with Crippen LogP contribution in [0.3, 0.4) is 0 Å². The number of pyridine rings is 6. The van der Waals surface area contributed by atoms with Gasteiger partial charge < -0.3 is 43.7 Å². The zero-order chi connectivity index (χ0) is 59.8. The van der Waals surface area contributed by atoms with Gasteiger partial charge in [0.25, 0.3) is 0 Å². The highest BCUT2D eigenvalue weighted by Crippen LogP contribution is 2.33. The van der Waals surface area contributed by atoms with E-state index in [9.17, 15) is 15.3 Å². The average Bonchev–Trinajstić information content (AvgIpc) is 3.41. The number of benzene rings is 6. The standard InChI is InChI=1S/C13H15NO.C12H13NO2.C12H13NO.C11H11NO2.C11H11NO.C10H9NO2/c1-3-9-15-13-12-6-4-5-10(2)11(12)7-8-14-13;1-2-8-15-12-10-4-3-5-11(14)9(10)6-7-13-12;1-3-14-12-11-6-4-5-9(2)10(11)7-8-13-12;1-2-14-11-9-4-3-5-10(13)8(9)6-7-12-11;1-8-4-3-5-10-9(8)6-7-12-11(10)13-2;1-13-10-8-3-2-4-9(12)7(8)5-6-11-10/h4-8H,3,9H2,1-2H3;3-7,14H,2,8H2,1H3;4-8H,3H2,1-2H3;3-7,13H,2H2,1H3;3-7H,1-2H3;2-6,12H,1H3. The Balaban J connectivity index is 0.000000145. The second-order valence-corrected chi connectivity index (χ2v) is 18.8. The molecule has 0 aliphatic rings. The van der Waals surface area contributed by atoms with E-state index in [1.807, 2.05) is 87.5 Å². The van der Waals surface area contributed by atoms with Crippen molar-refractivity contribution in [2.75, 3.05) is 40.6 Å². The monoisotopic (exact) mass is 1130 g/mol. The Hall–Kier alpha value is -10.0. The molecule has 0 fully saturated rings. The third kappa shape index (κ3) is 15.7. The maximum Gasteiger partial charge on any atom is 0.221 e. The molecule has 0 radical (unpaired) electrons. The van der Waals surface area contributed by atoms with E-state index in [1.165, 1.54) is 32.8 Å². The maximum absolute atomic E-state index is 9.64. The van der Waals surface area contributed by atoms with Gasteiger partial charge >= 0.3 is 0 Å². The van der Waals surface area contributed by atoms with Crippen molar-refractivity contribution in [3.05, 3.63) is 199 Å². The Bertz CT molecular complexity index is 3810. The lowest BCUT2D eigenvalue weighted by molar-refractivity contribution is 0.309. The fourth-order valence-electron chi connectivity index (χ4n) is 8.96. The fourth-order valence-corrected chi connectivity index (χ4v) is 8.96. The molecule has 84 heavy (non-hydrogen) atoms. The fraction of sp³-hybridized carbons (Fsp3) is 0.217. The molecule has 6 aromatic heterocycles. The number of fused-ring (bicyclic) bond motifs is 6. The highest BCUT2D eigenvalue weighted by atomic mass is 16.5. The molecule has 12 aromatic rings. The number of aromatic hydroxyl groups is 3. The van der Waals surface area contributed by atoms with Crippen LogP contribution in [0.5, 0.6) is 52.5 Å². The van der Waals surface area contributed by atoms with Crippen molar-refractivity contribution < 1.29 is 43.7 Å². The zero-order valence-corrected chi connectivity index (χ0v) is 49.0. The van der Waals surface area contributed by atoms with Crippen molar-refractivity contribution in [2.24, 2.45) is 0 Å². The van der Waals surface area contributed by atoms with E-state index in [1.54, 1.807) is 106 Å². The van der Waals surface area contributed by atoms with Gasteiger partial charge in [0.05, 0.1) is 40.6 Å². The molecule has 432 valence electrons. The van der Waals surface area contributed by atoms with E-state index in [-0.39, 0.29) is 17.2 Å². The summed E-state index contributed by atoms with van der Waals surface area (Å²) >= 11 is 0. The molecule has 3 N–H and O–H groups in total. The Morgan fingerprint density at radius 1 is 0.286 bits per heavy atom. The summed E-state index contributed by atoms with van der Waals surface area (Å²) in [6.45, 7) is 16.9. The number of phenols is 3. The van der Waals surface area contributed by atoms with Crippen LogP contribution in [-0.4, -0.2) is 85.9 Å². The van der Waals surface area contributed by atoms with E-state index in [0.29, 0.717) is 43.3 Å². The maximum atomic E-state index is 9.64. The number of aromatic nitrogens is 6. The smallest absolute Gasteiger partial charge is 0.221 e. The molecule has 0 spiro atoms. The lowest BCUT2D eigenvalue weighted by atomic mass is 10.1. The van der Waals surface area contributed by atoms with E-state index in [2.05, 4.69) is 81.9 Å². The Morgan fingerprint density at radius 2 is 0.524 bits per heavy atom. The summed E-state index contributed by atoms with van der Waals surface area (Å²) in [4.78, 5) is 24.9. The first-order chi connectivity index (χ1) is 41.0. The minimum absolute atomic E-state index is 0.248. The van der Waals surface area contributed by atoms with Gasteiger partial charge in [-0.25, -0.2) is 29.9 Å². The number of phenolic OH excluding ortho intramolecular Hbond substituents is 3. The minimum atomic E-state index is 0.248. The van der Waals surface area contributed by atoms with E-state index in [0.717, 1.165) is 79.7 Å². The molecule has 0 saturated carbocycles. The van der Waals surface area contributed by atoms with E-state index < -0.39 is 0 Å². The van der Waals surface area contributed by atoms with Gasteiger partial charge in [-0.05, 0) is 171 Å². The van der Waals surface area contributed by atoms with Gasteiger partial charge in [0.15, 0.2) is 0 Å². The van der Waals surface area contributed by atoms with E-state index >= 15 is 0 Å². The molecule has 0 amide bonds. The lowest BCUT2D eigenvalue weighted by Gasteiger charge is -2.08. The summed E-state index contributed by atoms with van der Waals surface area (Å²) in [5.74, 6) is 4.63. The molecular formula is C69H72N6O9. The highest BCUT2D eigenvalue weighted by Gasteiger charge is 2.10. The van der Waals surface area contributed by atoms with Gasteiger partial charge in [-0.1, -0.05) is 68.4 Å². The summed E-state index contributed by atoms with van der Waals surface area (Å²) in [5.41, 5.74) is 3.76. The molecule has 0 aliphatic carbocycles. The van der Waals surface area contributed by atoms with E-state index in [4.69, 9.17) is 28.4 Å². The molecule has 6 heterocycles. The number of hydrogen-bond acceptors (Lipinski definition) is 15. The van der Waals surface area contributed by atoms with Gasteiger partial charge in [-0.2, -0.15) is 0 Å². The van der Waals surface area contributed by atoms with Crippen molar-refractivity contribution >= 4 is 64.6 Å². The summed E-state index contributed by atoms with van der Waals surface area (Å²) < 4.78 is 32.2. The summed E-state index contributed by atoms with van der Waals surface area (Å²) in [7, 11) is 3.20. The number of aryl methyl sites for hydroxylation is 3. The molecule has 0 aliphatic heterocycles.